The summed E-state index contributed by atoms with van der Waals surface area (Å²) in [5.74, 6) is 0.0463. The van der Waals surface area contributed by atoms with E-state index in [1.165, 1.54) is 35.2 Å². The average molecular weight is 493 g/mol. The zero-order valence-corrected chi connectivity index (χ0v) is 20.9. The molecule has 180 valence electrons. The standard InChI is InChI=1S/C25H33ClN2O4S/c1-3-4-8-19-11-13-20(14-12-19)27-25(29)18-28(21-9-6-5-7-10-21)33(30,31)22-15-16-24(32-2)23(26)17-22/h11-17,21H,3-10,18H2,1-2H3,(H,27,29). The number of sulfonamides is 1. The topological polar surface area (TPSA) is 75.7 Å². The number of amides is 1. The zero-order chi connectivity index (χ0) is 23.8. The highest BCUT2D eigenvalue weighted by Crippen LogP contribution is 2.32. The minimum absolute atomic E-state index is 0.0620. The molecule has 0 radical (unpaired) electrons. The third-order valence-corrected chi connectivity index (χ3v) is 8.26. The predicted molar refractivity (Wildman–Crippen MR) is 132 cm³/mol. The fraction of sp³-hybridized carbons (Fsp3) is 0.480. The lowest BCUT2D eigenvalue weighted by Crippen LogP contribution is -2.45. The number of unbranched alkanes of at least 4 members (excludes halogenated alkanes) is 1. The van der Waals surface area contributed by atoms with E-state index in [1.807, 2.05) is 24.3 Å². The van der Waals surface area contributed by atoms with Crippen molar-refractivity contribution < 1.29 is 17.9 Å². The highest BCUT2D eigenvalue weighted by Gasteiger charge is 2.34. The van der Waals surface area contributed by atoms with E-state index in [0.717, 1.165) is 51.4 Å². The summed E-state index contributed by atoms with van der Waals surface area (Å²) >= 11 is 6.20. The second kappa shape index (κ2) is 11.9. The minimum atomic E-state index is -3.92. The number of rotatable bonds is 10. The summed E-state index contributed by atoms with van der Waals surface area (Å²) in [5, 5.41) is 3.07. The van der Waals surface area contributed by atoms with E-state index in [1.54, 1.807) is 0 Å². The summed E-state index contributed by atoms with van der Waals surface area (Å²) in [6.45, 7) is 1.91. The van der Waals surface area contributed by atoms with Crippen LogP contribution in [0, 0.1) is 0 Å². The lowest BCUT2D eigenvalue weighted by atomic mass is 9.95. The van der Waals surface area contributed by atoms with Crippen molar-refractivity contribution in [3.05, 3.63) is 53.1 Å². The Bertz CT molecular complexity index is 1030. The van der Waals surface area contributed by atoms with Gasteiger partial charge < -0.3 is 10.1 Å². The molecule has 0 saturated heterocycles. The van der Waals surface area contributed by atoms with E-state index in [2.05, 4.69) is 12.2 Å². The molecule has 0 atom stereocenters. The number of carbonyl (C=O) groups excluding carboxylic acids is 1. The molecule has 0 aromatic heterocycles. The van der Waals surface area contributed by atoms with Crippen LogP contribution in [0.5, 0.6) is 5.75 Å². The molecular formula is C25H33ClN2O4S. The molecule has 2 aromatic carbocycles. The molecule has 1 fully saturated rings. The Kier molecular flexibility index (Phi) is 9.18. The van der Waals surface area contributed by atoms with Gasteiger partial charge in [-0.3, -0.25) is 4.79 Å². The molecule has 0 heterocycles. The smallest absolute Gasteiger partial charge is 0.243 e. The molecule has 6 nitrogen and oxygen atoms in total. The fourth-order valence-electron chi connectivity index (χ4n) is 4.20. The quantitative estimate of drug-likeness (QED) is 0.464. The van der Waals surface area contributed by atoms with Crippen LogP contribution in [0.1, 0.15) is 57.4 Å². The minimum Gasteiger partial charge on any atom is -0.495 e. The molecule has 0 bridgehead atoms. The SMILES string of the molecule is CCCCc1ccc(NC(=O)CN(C2CCCCC2)S(=O)(=O)c2ccc(OC)c(Cl)c2)cc1. The van der Waals surface area contributed by atoms with Crippen LogP contribution < -0.4 is 10.1 Å². The average Bonchev–Trinajstić information content (AvgIpc) is 2.82. The molecule has 0 spiro atoms. The van der Waals surface area contributed by atoms with E-state index in [0.29, 0.717) is 11.4 Å². The van der Waals surface area contributed by atoms with E-state index in [9.17, 15) is 13.2 Å². The predicted octanol–water partition coefficient (Wildman–Crippen LogP) is 5.65. The second-order valence-corrected chi connectivity index (χ2v) is 10.8. The van der Waals surface area contributed by atoms with Crippen LogP contribution >= 0.6 is 11.6 Å². The van der Waals surface area contributed by atoms with Gasteiger partial charge in [0, 0.05) is 11.7 Å². The van der Waals surface area contributed by atoms with E-state index >= 15 is 0 Å². The summed E-state index contributed by atoms with van der Waals surface area (Å²) in [6.07, 6.45) is 7.70. The number of halogens is 1. The Morgan fingerprint density at radius 2 is 1.82 bits per heavy atom. The largest absolute Gasteiger partial charge is 0.495 e. The van der Waals surface area contributed by atoms with Crippen LogP contribution in [0.3, 0.4) is 0 Å². The van der Waals surface area contributed by atoms with Gasteiger partial charge in [0.2, 0.25) is 15.9 Å². The van der Waals surface area contributed by atoms with Crippen LogP contribution in [0.15, 0.2) is 47.4 Å². The summed E-state index contributed by atoms with van der Waals surface area (Å²) in [6, 6.07) is 11.9. The number of carbonyl (C=O) groups is 1. The molecule has 33 heavy (non-hydrogen) atoms. The fourth-order valence-corrected chi connectivity index (χ4v) is 6.19. The van der Waals surface area contributed by atoms with Crippen LogP contribution in [0.25, 0.3) is 0 Å². The first-order valence-electron chi connectivity index (χ1n) is 11.6. The number of aryl methyl sites for hydroxylation is 1. The van der Waals surface area contributed by atoms with E-state index < -0.39 is 10.0 Å². The van der Waals surface area contributed by atoms with Crippen molar-refractivity contribution in [1.82, 2.24) is 4.31 Å². The molecule has 1 aliphatic carbocycles. The number of nitrogens with one attached hydrogen (secondary N) is 1. The van der Waals surface area contributed by atoms with E-state index in [4.69, 9.17) is 16.3 Å². The van der Waals surface area contributed by atoms with Gasteiger partial charge in [-0.05, 0) is 61.6 Å². The highest BCUT2D eigenvalue weighted by atomic mass is 35.5. The van der Waals surface area contributed by atoms with Gasteiger partial charge in [0.25, 0.3) is 0 Å². The van der Waals surface area contributed by atoms with Crippen LogP contribution in [-0.2, 0) is 21.2 Å². The van der Waals surface area contributed by atoms with Crippen molar-refractivity contribution in [2.24, 2.45) is 0 Å². The first kappa shape index (κ1) is 25.5. The number of methoxy groups -OCH3 is 1. The van der Waals surface area contributed by atoms with Crippen molar-refractivity contribution in [3.63, 3.8) is 0 Å². The third-order valence-electron chi connectivity index (χ3n) is 6.07. The molecule has 0 unspecified atom stereocenters. The summed E-state index contributed by atoms with van der Waals surface area (Å²) in [7, 11) is -2.44. The Morgan fingerprint density at radius 1 is 1.12 bits per heavy atom. The normalized spacial score (nSPS) is 14.9. The Labute approximate surface area is 202 Å². The molecule has 2 aromatic rings. The van der Waals surface area contributed by atoms with Gasteiger partial charge >= 0.3 is 0 Å². The lowest BCUT2D eigenvalue weighted by Gasteiger charge is -2.33. The van der Waals surface area contributed by atoms with Gasteiger partial charge in [-0.25, -0.2) is 8.42 Å². The molecular weight excluding hydrogens is 460 g/mol. The molecule has 3 rings (SSSR count). The maximum atomic E-state index is 13.6. The molecule has 1 saturated carbocycles. The van der Waals surface area contributed by atoms with Crippen molar-refractivity contribution in [2.45, 2.75) is 69.2 Å². The number of anilines is 1. The molecule has 1 aliphatic rings. The van der Waals surface area contributed by atoms with Gasteiger partial charge in [-0.15, -0.1) is 0 Å². The Balaban J connectivity index is 1.79. The summed E-state index contributed by atoms with van der Waals surface area (Å²) < 4.78 is 33.6. The third kappa shape index (κ3) is 6.71. The van der Waals surface area contributed by atoms with Gasteiger partial charge in [0.15, 0.2) is 0 Å². The van der Waals surface area contributed by atoms with Crippen LogP contribution in [0.2, 0.25) is 5.02 Å². The van der Waals surface area contributed by atoms with Gasteiger partial charge in [0.05, 0.1) is 23.6 Å². The molecule has 1 amide bonds. The first-order chi connectivity index (χ1) is 15.8. The van der Waals surface area contributed by atoms with Crippen LogP contribution in [-0.4, -0.2) is 38.3 Å². The number of hydrogen-bond acceptors (Lipinski definition) is 4. The number of ether oxygens (including phenoxy) is 1. The molecule has 0 aliphatic heterocycles. The monoisotopic (exact) mass is 492 g/mol. The van der Waals surface area contributed by atoms with Crippen molar-refractivity contribution in [1.29, 1.82) is 0 Å². The van der Waals surface area contributed by atoms with Gasteiger partial charge in [-0.2, -0.15) is 4.31 Å². The molecule has 1 N–H and O–H groups in total. The maximum Gasteiger partial charge on any atom is 0.243 e. The van der Waals surface area contributed by atoms with Crippen LogP contribution in [0.4, 0.5) is 5.69 Å². The molecule has 8 heteroatoms. The van der Waals surface area contributed by atoms with Crippen molar-refractivity contribution in [2.75, 3.05) is 19.0 Å². The van der Waals surface area contributed by atoms with Gasteiger partial charge in [0.1, 0.15) is 5.75 Å². The maximum absolute atomic E-state index is 13.6. The number of nitrogens with zero attached hydrogens (tertiary/aromatic N) is 1. The summed E-state index contributed by atoms with van der Waals surface area (Å²) in [5.41, 5.74) is 1.88. The number of hydrogen-bond donors (Lipinski definition) is 1. The van der Waals surface area contributed by atoms with E-state index in [-0.39, 0.29) is 28.4 Å². The summed E-state index contributed by atoms with van der Waals surface area (Å²) in [4.78, 5) is 13.0. The van der Waals surface area contributed by atoms with Crippen molar-refractivity contribution >= 4 is 33.2 Å². The Hall–Kier alpha value is -2.09. The number of benzene rings is 2. The lowest BCUT2D eigenvalue weighted by molar-refractivity contribution is -0.116. The Morgan fingerprint density at radius 3 is 2.42 bits per heavy atom. The van der Waals surface area contributed by atoms with Crippen molar-refractivity contribution in [3.8, 4) is 5.75 Å². The second-order valence-electron chi connectivity index (χ2n) is 8.49. The first-order valence-corrected chi connectivity index (χ1v) is 13.4. The zero-order valence-electron chi connectivity index (χ0n) is 19.3. The van der Waals surface area contributed by atoms with Gasteiger partial charge in [-0.1, -0.05) is 56.3 Å². The highest BCUT2D eigenvalue weighted by molar-refractivity contribution is 7.89.